The highest BCUT2D eigenvalue weighted by Crippen LogP contribution is 2.34. The zero-order valence-electron chi connectivity index (χ0n) is 11.9. The van der Waals surface area contributed by atoms with Gasteiger partial charge in [0.1, 0.15) is 0 Å². The topological polar surface area (TPSA) is 54.4 Å². The monoisotopic (exact) mass is 314 g/mol. The van der Waals surface area contributed by atoms with Gasteiger partial charge in [0, 0.05) is 12.0 Å². The van der Waals surface area contributed by atoms with Crippen LogP contribution in [-0.4, -0.2) is 16.9 Å². The summed E-state index contributed by atoms with van der Waals surface area (Å²) in [6, 6.07) is 4.07. The summed E-state index contributed by atoms with van der Waals surface area (Å²) in [5, 5.41) is 9.18. The Morgan fingerprint density at radius 1 is 1.09 bits per heavy atom. The van der Waals surface area contributed by atoms with E-state index in [0.29, 0.717) is 12.8 Å². The average Bonchev–Trinajstić information content (AvgIpc) is 2.46. The maximum Gasteiger partial charge on any atom is 0.416 e. The molecule has 0 aliphatic heterocycles. The number of aliphatic carboxylic acids is 1. The van der Waals surface area contributed by atoms with Gasteiger partial charge in [-0.05, 0) is 30.9 Å². The van der Waals surface area contributed by atoms with Gasteiger partial charge in [-0.15, -0.1) is 0 Å². The van der Waals surface area contributed by atoms with E-state index < -0.39 is 23.6 Å². The van der Waals surface area contributed by atoms with Gasteiger partial charge in [-0.25, -0.2) is 0 Å². The van der Waals surface area contributed by atoms with Gasteiger partial charge in [0.2, 0.25) is 0 Å². The summed E-state index contributed by atoms with van der Waals surface area (Å²) in [7, 11) is 0. The number of benzene rings is 1. The van der Waals surface area contributed by atoms with Crippen molar-refractivity contribution in [1.82, 2.24) is 0 Å². The molecule has 0 spiro atoms. The first-order valence-electron chi connectivity index (χ1n) is 7.22. The van der Waals surface area contributed by atoms with Gasteiger partial charge in [0.15, 0.2) is 5.78 Å². The second-order valence-corrected chi connectivity index (χ2v) is 5.69. The number of hydrogen-bond acceptors (Lipinski definition) is 2. The summed E-state index contributed by atoms with van der Waals surface area (Å²) in [4.78, 5) is 23.4. The lowest BCUT2D eigenvalue weighted by Crippen LogP contribution is -2.28. The molecule has 0 unspecified atom stereocenters. The molecule has 120 valence electrons. The molecule has 3 nitrogen and oxygen atoms in total. The number of rotatable bonds is 4. The molecule has 0 heterocycles. The van der Waals surface area contributed by atoms with Crippen LogP contribution in [0.4, 0.5) is 13.2 Å². The molecule has 0 bridgehead atoms. The molecule has 0 amide bonds. The van der Waals surface area contributed by atoms with Gasteiger partial charge in [0.25, 0.3) is 0 Å². The van der Waals surface area contributed by atoms with Crippen LogP contribution in [0, 0.1) is 11.8 Å². The molecular formula is C16H17F3O3. The fourth-order valence-corrected chi connectivity index (χ4v) is 2.98. The molecule has 1 aliphatic rings. The van der Waals surface area contributed by atoms with E-state index in [2.05, 4.69) is 0 Å². The van der Waals surface area contributed by atoms with Crippen LogP contribution in [0.25, 0.3) is 0 Å². The van der Waals surface area contributed by atoms with Gasteiger partial charge >= 0.3 is 12.1 Å². The summed E-state index contributed by atoms with van der Waals surface area (Å²) in [5.74, 6) is -1.97. The minimum Gasteiger partial charge on any atom is -0.481 e. The van der Waals surface area contributed by atoms with Crippen molar-refractivity contribution in [2.45, 2.75) is 38.3 Å². The zero-order chi connectivity index (χ0) is 16.3. The lowest BCUT2D eigenvalue weighted by molar-refractivity contribution is -0.144. The number of alkyl halides is 3. The summed E-state index contributed by atoms with van der Waals surface area (Å²) >= 11 is 0. The highest BCUT2D eigenvalue weighted by atomic mass is 19.4. The van der Waals surface area contributed by atoms with Crippen molar-refractivity contribution in [1.29, 1.82) is 0 Å². The molecule has 1 N–H and O–H groups in total. The smallest absolute Gasteiger partial charge is 0.416 e. The van der Waals surface area contributed by atoms with Crippen LogP contribution in [0.1, 0.15) is 48.0 Å². The van der Waals surface area contributed by atoms with E-state index in [1.807, 2.05) is 0 Å². The first kappa shape index (κ1) is 16.5. The molecule has 0 radical (unpaired) electrons. The van der Waals surface area contributed by atoms with Crippen molar-refractivity contribution in [3.05, 3.63) is 35.4 Å². The Kier molecular flexibility index (Phi) is 4.88. The number of carboxylic acid groups (broad SMARTS) is 1. The number of carbonyl (C=O) groups excluding carboxylic acids is 1. The van der Waals surface area contributed by atoms with Crippen LogP contribution in [0.2, 0.25) is 0 Å². The summed E-state index contributed by atoms with van der Waals surface area (Å²) in [6.07, 6.45) is -1.41. The normalized spacial score (nSPS) is 22.3. The van der Waals surface area contributed by atoms with E-state index in [9.17, 15) is 27.9 Å². The van der Waals surface area contributed by atoms with Crippen LogP contribution in [0.3, 0.4) is 0 Å². The summed E-state index contributed by atoms with van der Waals surface area (Å²) < 4.78 is 37.4. The fourth-order valence-electron chi connectivity index (χ4n) is 2.98. The molecule has 0 aromatic heterocycles. The molecule has 1 aromatic carbocycles. The lowest BCUT2D eigenvalue weighted by Gasteiger charge is -2.27. The van der Waals surface area contributed by atoms with E-state index >= 15 is 0 Å². The number of Topliss-reactive ketones (excluding diaryl/α,β-unsaturated/α-hetero) is 1. The molecule has 2 atom stereocenters. The Labute approximate surface area is 126 Å². The van der Waals surface area contributed by atoms with Gasteiger partial charge in [-0.2, -0.15) is 13.2 Å². The Bertz CT molecular complexity index is 549. The van der Waals surface area contributed by atoms with Crippen LogP contribution >= 0.6 is 0 Å². The van der Waals surface area contributed by atoms with E-state index in [1.54, 1.807) is 0 Å². The number of halogens is 3. The van der Waals surface area contributed by atoms with Crippen molar-refractivity contribution in [3.8, 4) is 0 Å². The first-order valence-corrected chi connectivity index (χ1v) is 7.22. The van der Waals surface area contributed by atoms with E-state index in [1.165, 1.54) is 0 Å². The standard InChI is InChI=1S/C16H17F3O3/c17-16(18,19)12-7-5-10(6-8-12)14(20)9-11-3-1-2-4-13(11)15(21)22/h5-8,11,13H,1-4,9H2,(H,21,22)/t11-,13-/m1/s1. The Balaban J connectivity index is 2.06. The molecule has 1 fully saturated rings. The van der Waals surface area contributed by atoms with Gasteiger partial charge in [-0.1, -0.05) is 25.0 Å². The summed E-state index contributed by atoms with van der Waals surface area (Å²) in [5.41, 5.74) is -0.604. The van der Waals surface area contributed by atoms with E-state index in [-0.39, 0.29) is 23.7 Å². The van der Waals surface area contributed by atoms with Crippen LogP contribution in [0.5, 0.6) is 0 Å². The minimum absolute atomic E-state index is 0.0718. The Hall–Kier alpha value is -1.85. The fraction of sp³-hybridized carbons (Fsp3) is 0.500. The predicted molar refractivity (Wildman–Crippen MR) is 73.5 cm³/mol. The SMILES string of the molecule is O=C(C[C@H]1CCCC[C@H]1C(=O)O)c1ccc(C(F)(F)F)cc1. The molecule has 2 rings (SSSR count). The minimum atomic E-state index is -4.43. The zero-order valence-corrected chi connectivity index (χ0v) is 11.9. The van der Waals surface area contributed by atoms with Crippen molar-refractivity contribution in [3.63, 3.8) is 0 Å². The Morgan fingerprint density at radius 3 is 2.23 bits per heavy atom. The maximum absolute atomic E-state index is 12.5. The van der Waals surface area contributed by atoms with E-state index in [4.69, 9.17) is 0 Å². The molecule has 1 aliphatic carbocycles. The van der Waals surface area contributed by atoms with Crippen molar-refractivity contribution in [2.75, 3.05) is 0 Å². The third-order valence-corrected chi connectivity index (χ3v) is 4.21. The number of carbonyl (C=O) groups is 2. The maximum atomic E-state index is 12.5. The van der Waals surface area contributed by atoms with E-state index in [0.717, 1.165) is 37.1 Å². The number of ketones is 1. The third kappa shape index (κ3) is 3.87. The number of hydrogen-bond donors (Lipinski definition) is 1. The second kappa shape index (κ2) is 6.50. The van der Waals surface area contributed by atoms with Crippen LogP contribution < -0.4 is 0 Å². The van der Waals surface area contributed by atoms with Crippen molar-refractivity contribution >= 4 is 11.8 Å². The van der Waals surface area contributed by atoms with Gasteiger partial charge < -0.3 is 5.11 Å². The van der Waals surface area contributed by atoms with Crippen molar-refractivity contribution in [2.24, 2.45) is 11.8 Å². The Morgan fingerprint density at radius 2 is 1.68 bits per heavy atom. The molecule has 6 heteroatoms. The van der Waals surface area contributed by atoms with Gasteiger partial charge in [0.05, 0.1) is 11.5 Å². The van der Waals surface area contributed by atoms with Crippen molar-refractivity contribution < 1.29 is 27.9 Å². The first-order chi connectivity index (χ1) is 10.3. The highest BCUT2D eigenvalue weighted by Gasteiger charge is 2.33. The number of carboxylic acids is 1. The van der Waals surface area contributed by atoms with Gasteiger partial charge in [-0.3, -0.25) is 9.59 Å². The highest BCUT2D eigenvalue weighted by molar-refractivity contribution is 5.96. The van der Waals surface area contributed by atoms with Crippen LogP contribution in [-0.2, 0) is 11.0 Å². The molecule has 22 heavy (non-hydrogen) atoms. The lowest BCUT2D eigenvalue weighted by atomic mass is 9.76. The quantitative estimate of drug-likeness (QED) is 0.849. The predicted octanol–water partition coefficient (Wildman–Crippen LogP) is 4.17. The largest absolute Gasteiger partial charge is 0.481 e. The third-order valence-electron chi connectivity index (χ3n) is 4.21. The average molecular weight is 314 g/mol. The second-order valence-electron chi connectivity index (χ2n) is 5.69. The molecule has 1 aromatic rings. The molecular weight excluding hydrogens is 297 g/mol. The van der Waals surface area contributed by atoms with Crippen LogP contribution in [0.15, 0.2) is 24.3 Å². The summed E-state index contributed by atoms with van der Waals surface area (Å²) in [6.45, 7) is 0. The molecule has 1 saturated carbocycles. The molecule has 0 saturated heterocycles.